The van der Waals surface area contributed by atoms with Crippen LogP contribution in [0.4, 0.5) is 11.4 Å². The van der Waals surface area contributed by atoms with Crippen LogP contribution in [-0.2, 0) is 14.3 Å². The van der Waals surface area contributed by atoms with Gasteiger partial charge in [-0.3, -0.25) is 9.59 Å². The lowest BCUT2D eigenvalue weighted by Gasteiger charge is -2.18. The van der Waals surface area contributed by atoms with Gasteiger partial charge in [-0.25, -0.2) is 4.98 Å². The standard InChI is InChI=1S/C22H21BrN4O3/c23-15-4-1-2-5-18(15)27-12-13(10-20(27)28)22(29)24-14-7-8-16-17(11-14)26-21(25-16)19-6-3-9-30-19/h1-2,4-5,7-8,11,13,19H,3,6,9-10,12H2,(H,24,29)(H,25,26). The van der Waals surface area contributed by atoms with E-state index < -0.39 is 5.92 Å². The first-order chi connectivity index (χ1) is 14.6. The van der Waals surface area contributed by atoms with Gasteiger partial charge in [0, 0.05) is 29.7 Å². The van der Waals surface area contributed by atoms with E-state index >= 15 is 0 Å². The molecule has 5 rings (SSSR count). The number of halogens is 1. The number of nitrogens with zero attached hydrogens (tertiary/aromatic N) is 2. The zero-order chi connectivity index (χ0) is 20.7. The molecule has 2 aliphatic rings. The fraction of sp³-hybridized carbons (Fsp3) is 0.318. The highest BCUT2D eigenvalue weighted by molar-refractivity contribution is 9.10. The van der Waals surface area contributed by atoms with E-state index in [9.17, 15) is 9.59 Å². The van der Waals surface area contributed by atoms with Gasteiger partial charge in [0.1, 0.15) is 11.9 Å². The molecule has 0 radical (unpaired) electrons. The third kappa shape index (κ3) is 3.61. The van der Waals surface area contributed by atoms with E-state index in [1.807, 2.05) is 42.5 Å². The summed E-state index contributed by atoms with van der Waals surface area (Å²) >= 11 is 3.48. The average molecular weight is 469 g/mol. The van der Waals surface area contributed by atoms with Crippen molar-refractivity contribution in [3.05, 3.63) is 52.8 Å². The molecule has 2 unspecified atom stereocenters. The highest BCUT2D eigenvalue weighted by Crippen LogP contribution is 2.32. The summed E-state index contributed by atoms with van der Waals surface area (Å²) in [5.41, 5.74) is 3.17. The number of carbonyl (C=O) groups excluding carboxylic acids is 2. The summed E-state index contributed by atoms with van der Waals surface area (Å²) in [4.78, 5) is 34.9. The molecule has 154 valence electrons. The topological polar surface area (TPSA) is 87.3 Å². The van der Waals surface area contributed by atoms with E-state index in [1.165, 1.54) is 0 Å². The third-order valence-corrected chi connectivity index (χ3v) is 6.31. The van der Waals surface area contributed by atoms with E-state index in [-0.39, 0.29) is 24.3 Å². The summed E-state index contributed by atoms with van der Waals surface area (Å²) in [6.07, 6.45) is 2.22. The normalized spacial score (nSPS) is 21.5. The molecule has 0 aliphatic carbocycles. The molecule has 8 heteroatoms. The number of amides is 2. The van der Waals surface area contributed by atoms with Crippen LogP contribution in [0.5, 0.6) is 0 Å². The summed E-state index contributed by atoms with van der Waals surface area (Å²) in [7, 11) is 0. The molecule has 0 saturated carbocycles. The number of imidazole rings is 1. The predicted molar refractivity (Wildman–Crippen MR) is 117 cm³/mol. The largest absolute Gasteiger partial charge is 0.370 e. The molecule has 2 amide bonds. The van der Waals surface area contributed by atoms with Crippen LogP contribution in [0.2, 0.25) is 0 Å². The Hall–Kier alpha value is -2.71. The van der Waals surface area contributed by atoms with Gasteiger partial charge in [0.15, 0.2) is 0 Å². The van der Waals surface area contributed by atoms with E-state index in [1.54, 1.807) is 4.90 Å². The molecular weight excluding hydrogens is 448 g/mol. The van der Waals surface area contributed by atoms with Crippen LogP contribution in [0, 0.1) is 5.92 Å². The van der Waals surface area contributed by atoms with Crippen molar-refractivity contribution in [3.8, 4) is 0 Å². The maximum absolute atomic E-state index is 12.8. The fourth-order valence-electron chi connectivity index (χ4n) is 4.08. The van der Waals surface area contributed by atoms with Crippen molar-refractivity contribution in [2.24, 2.45) is 5.92 Å². The van der Waals surface area contributed by atoms with Crippen LogP contribution in [0.3, 0.4) is 0 Å². The van der Waals surface area contributed by atoms with Gasteiger partial charge in [0.05, 0.1) is 22.6 Å². The maximum Gasteiger partial charge on any atom is 0.229 e. The van der Waals surface area contributed by atoms with Crippen LogP contribution in [0.25, 0.3) is 11.0 Å². The smallest absolute Gasteiger partial charge is 0.229 e. The van der Waals surface area contributed by atoms with Crippen LogP contribution >= 0.6 is 15.9 Å². The number of anilines is 2. The zero-order valence-electron chi connectivity index (χ0n) is 16.2. The van der Waals surface area contributed by atoms with Crippen molar-refractivity contribution in [2.75, 3.05) is 23.4 Å². The second kappa shape index (κ2) is 7.85. The molecule has 3 heterocycles. The van der Waals surface area contributed by atoms with Gasteiger partial charge in [0.2, 0.25) is 11.8 Å². The van der Waals surface area contributed by atoms with Crippen LogP contribution in [0.15, 0.2) is 46.9 Å². The molecule has 30 heavy (non-hydrogen) atoms. The minimum absolute atomic E-state index is 0.0169. The van der Waals surface area contributed by atoms with Crippen molar-refractivity contribution >= 4 is 50.2 Å². The SMILES string of the molecule is O=C(Nc1ccc2nc(C3CCCO3)[nH]c2c1)C1CC(=O)N(c2ccccc2Br)C1. The highest BCUT2D eigenvalue weighted by atomic mass is 79.9. The van der Waals surface area contributed by atoms with Crippen molar-refractivity contribution < 1.29 is 14.3 Å². The Morgan fingerprint density at radius 2 is 2.13 bits per heavy atom. The van der Waals surface area contributed by atoms with Crippen molar-refractivity contribution in [2.45, 2.75) is 25.4 Å². The summed E-state index contributed by atoms with van der Waals surface area (Å²) in [5, 5.41) is 2.95. The number of rotatable bonds is 4. The Bertz CT molecular complexity index is 1120. The van der Waals surface area contributed by atoms with Gasteiger partial charge in [-0.05, 0) is 59.1 Å². The molecule has 2 atom stereocenters. The molecule has 0 bridgehead atoms. The first-order valence-corrected chi connectivity index (χ1v) is 10.8. The van der Waals surface area contributed by atoms with Gasteiger partial charge < -0.3 is 19.9 Å². The molecule has 7 nitrogen and oxygen atoms in total. The number of hydrogen-bond acceptors (Lipinski definition) is 4. The van der Waals surface area contributed by atoms with Gasteiger partial charge in [-0.15, -0.1) is 0 Å². The first kappa shape index (κ1) is 19.3. The molecular formula is C22H21BrN4O3. The highest BCUT2D eigenvalue weighted by Gasteiger charge is 2.35. The lowest BCUT2D eigenvalue weighted by atomic mass is 10.1. The quantitative estimate of drug-likeness (QED) is 0.601. The molecule has 1 aromatic heterocycles. The summed E-state index contributed by atoms with van der Waals surface area (Å²) in [6, 6.07) is 13.1. The van der Waals surface area contributed by atoms with Crippen LogP contribution < -0.4 is 10.2 Å². The number of fused-ring (bicyclic) bond motifs is 1. The predicted octanol–water partition coefficient (Wildman–Crippen LogP) is 4.17. The van der Waals surface area contributed by atoms with Crippen molar-refractivity contribution in [3.63, 3.8) is 0 Å². The minimum atomic E-state index is -0.399. The fourth-order valence-corrected chi connectivity index (χ4v) is 4.58. The van der Waals surface area contributed by atoms with E-state index in [0.29, 0.717) is 12.2 Å². The average Bonchev–Trinajstić information content (AvgIpc) is 3.47. The van der Waals surface area contributed by atoms with E-state index in [4.69, 9.17) is 4.74 Å². The molecule has 0 spiro atoms. The Morgan fingerprint density at radius 1 is 1.27 bits per heavy atom. The lowest BCUT2D eigenvalue weighted by molar-refractivity contribution is -0.122. The van der Waals surface area contributed by atoms with Crippen LogP contribution in [-0.4, -0.2) is 34.9 Å². The zero-order valence-corrected chi connectivity index (χ0v) is 17.8. The van der Waals surface area contributed by atoms with E-state index in [2.05, 4.69) is 31.2 Å². The molecule has 2 aromatic carbocycles. The molecule has 2 fully saturated rings. The van der Waals surface area contributed by atoms with Crippen molar-refractivity contribution in [1.29, 1.82) is 0 Å². The van der Waals surface area contributed by atoms with Gasteiger partial charge >= 0.3 is 0 Å². The van der Waals surface area contributed by atoms with Crippen molar-refractivity contribution in [1.82, 2.24) is 9.97 Å². The lowest BCUT2D eigenvalue weighted by Crippen LogP contribution is -2.28. The molecule has 3 aromatic rings. The number of para-hydroxylation sites is 1. The number of aromatic nitrogens is 2. The second-order valence-electron chi connectivity index (χ2n) is 7.70. The Balaban J connectivity index is 1.30. The summed E-state index contributed by atoms with van der Waals surface area (Å²) in [5.74, 6) is 0.226. The molecule has 2 saturated heterocycles. The Labute approximate surface area is 181 Å². The number of hydrogen-bond donors (Lipinski definition) is 2. The number of H-pyrrole nitrogens is 1. The number of aromatic amines is 1. The van der Waals surface area contributed by atoms with E-state index in [0.717, 1.165) is 46.5 Å². The molecule has 2 N–H and O–H groups in total. The Morgan fingerprint density at radius 3 is 2.93 bits per heavy atom. The maximum atomic E-state index is 12.8. The van der Waals surface area contributed by atoms with Crippen LogP contribution in [0.1, 0.15) is 31.2 Å². The monoisotopic (exact) mass is 468 g/mol. The number of carbonyl (C=O) groups is 2. The van der Waals surface area contributed by atoms with Gasteiger partial charge in [-0.1, -0.05) is 12.1 Å². The second-order valence-corrected chi connectivity index (χ2v) is 8.56. The summed E-state index contributed by atoms with van der Waals surface area (Å²) in [6.45, 7) is 1.13. The third-order valence-electron chi connectivity index (χ3n) is 5.64. The Kier molecular flexibility index (Phi) is 5.04. The molecule has 2 aliphatic heterocycles. The first-order valence-electron chi connectivity index (χ1n) is 10.1. The number of nitrogens with one attached hydrogen (secondary N) is 2. The number of benzene rings is 2. The van der Waals surface area contributed by atoms with Gasteiger partial charge in [0.25, 0.3) is 0 Å². The minimum Gasteiger partial charge on any atom is -0.370 e. The van der Waals surface area contributed by atoms with Gasteiger partial charge in [-0.2, -0.15) is 0 Å². The number of ether oxygens (including phenoxy) is 1. The summed E-state index contributed by atoms with van der Waals surface area (Å²) < 4.78 is 6.53.